The van der Waals surface area contributed by atoms with Crippen LogP contribution in [0, 0.1) is 0 Å². The van der Waals surface area contributed by atoms with E-state index in [1.165, 1.54) is 0 Å². The van der Waals surface area contributed by atoms with Crippen LogP contribution in [-0.2, 0) is 0 Å². The predicted molar refractivity (Wildman–Crippen MR) is 67.8 cm³/mol. The van der Waals surface area contributed by atoms with Gasteiger partial charge in [0, 0.05) is 0 Å². The SMILES string of the molecule is C/C=C/[C@@H](C)[Si](C)(C)c1ccccc1. The maximum absolute atomic E-state index is 2.44. The van der Waals surface area contributed by atoms with Crippen molar-refractivity contribution >= 4 is 13.3 Å². The summed E-state index contributed by atoms with van der Waals surface area (Å²) in [6.07, 6.45) is 4.50. The smallest absolute Gasteiger partial charge is 0.0871 e. The van der Waals surface area contributed by atoms with E-state index >= 15 is 0 Å². The van der Waals surface area contributed by atoms with Crippen molar-refractivity contribution in [2.24, 2.45) is 0 Å². The standard InChI is InChI=1S/C13H20Si/c1-5-9-12(2)14(3,4)13-10-7-6-8-11-13/h5-12H,1-4H3/b9-5+/t12-/m1/s1. The molecule has 1 heteroatoms. The highest BCUT2D eigenvalue weighted by atomic mass is 28.3. The summed E-state index contributed by atoms with van der Waals surface area (Å²) in [6.45, 7) is 9.31. The Morgan fingerprint density at radius 2 is 1.71 bits per heavy atom. The fourth-order valence-electron chi connectivity index (χ4n) is 1.66. The summed E-state index contributed by atoms with van der Waals surface area (Å²) in [5.41, 5.74) is 0.704. The van der Waals surface area contributed by atoms with Gasteiger partial charge in [0.2, 0.25) is 0 Å². The van der Waals surface area contributed by atoms with Crippen LogP contribution >= 0.6 is 0 Å². The number of benzene rings is 1. The van der Waals surface area contributed by atoms with Crippen LogP contribution < -0.4 is 5.19 Å². The van der Waals surface area contributed by atoms with Crippen LogP contribution in [0.4, 0.5) is 0 Å². The minimum Gasteiger partial charge on any atom is -0.0917 e. The summed E-state index contributed by atoms with van der Waals surface area (Å²) < 4.78 is 0. The first kappa shape index (κ1) is 11.3. The molecule has 1 atom stereocenters. The third-order valence-electron chi connectivity index (χ3n) is 3.14. The van der Waals surface area contributed by atoms with Gasteiger partial charge in [0.25, 0.3) is 0 Å². The van der Waals surface area contributed by atoms with Gasteiger partial charge in [-0.05, 0) is 12.5 Å². The first-order valence-corrected chi connectivity index (χ1v) is 8.35. The molecule has 0 aliphatic heterocycles. The Morgan fingerprint density at radius 3 is 2.21 bits per heavy atom. The third-order valence-corrected chi connectivity index (χ3v) is 7.43. The molecule has 0 amide bonds. The number of hydrogen-bond donors (Lipinski definition) is 0. The fraction of sp³-hybridized carbons (Fsp3) is 0.385. The van der Waals surface area contributed by atoms with Crippen molar-refractivity contribution in [2.75, 3.05) is 0 Å². The molecule has 0 N–H and O–H groups in total. The zero-order chi connectivity index (χ0) is 10.6. The molecule has 76 valence electrons. The van der Waals surface area contributed by atoms with E-state index in [0.29, 0.717) is 5.54 Å². The first-order valence-electron chi connectivity index (χ1n) is 5.27. The molecule has 0 fully saturated rings. The maximum atomic E-state index is 2.44. The van der Waals surface area contributed by atoms with Crippen LogP contribution in [0.2, 0.25) is 18.6 Å². The van der Waals surface area contributed by atoms with Gasteiger partial charge in [-0.3, -0.25) is 0 Å². The monoisotopic (exact) mass is 204 g/mol. The Balaban J connectivity index is 2.95. The van der Waals surface area contributed by atoms with Crippen molar-refractivity contribution in [1.29, 1.82) is 0 Å². The molecule has 0 heterocycles. The summed E-state index contributed by atoms with van der Waals surface area (Å²) in [5, 5.41) is 1.55. The lowest BCUT2D eigenvalue weighted by molar-refractivity contribution is 1.13. The second kappa shape index (κ2) is 4.60. The van der Waals surface area contributed by atoms with Gasteiger partial charge in [-0.1, -0.05) is 67.7 Å². The molecule has 14 heavy (non-hydrogen) atoms. The molecule has 1 aromatic carbocycles. The van der Waals surface area contributed by atoms with Crippen molar-refractivity contribution in [3.8, 4) is 0 Å². The minimum absolute atomic E-state index is 0.704. The molecule has 0 aliphatic carbocycles. The Bertz CT molecular complexity index is 298. The molecule has 1 aromatic rings. The van der Waals surface area contributed by atoms with Gasteiger partial charge >= 0.3 is 0 Å². The van der Waals surface area contributed by atoms with E-state index in [9.17, 15) is 0 Å². The predicted octanol–water partition coefficient (Wildman–Crippen LogP) is 3.57. The molecular weight excluding hydrogens is 184 g/mol. The largest absolute Gasteiger partial charge is 0.0917 e. The van der Waals surface area contributed by atoms with Crippen molar-refractivity contribution in [3.05, 3.63) is 42.5 Å². The second-order valence-electron chi connectivity index (χ2n) is 4.40. The van der Waals surface area contributed by atoms with Crippen molar-refractivity contribution in [3.63, 3.8) is 0 Å². The van der Waals surface area contributed by atoms with Crippen molar-refractivity contribution < 1.29 is 0 Å². The molecule has 0 saturated heterocycles. The van der Waals surface area contributed by atoms with Crippen LogP contribution in [0.5, 0.6) is 0 Å². The summed E-state index contributed by atoms with van der Waals surface area (Å²) in [4.78, 5) is 0. The zero-order valence-electron chi connectivity index (χ0n) is 9.62. The van der Waals surface area contributed by atoms with E-state index in [1.807, 2.05) is 0 Å². The van der Waals surface area contributed by atoms with Crippen LogP contribution in [0.15, 0.2) is 42.5 Å². The molecule has 0 radical (unpaired) electrons. The van der Waals surface area contributed by atoms with Gasteiger partial charge in [-0.2, -0.15) is 0 Å². The Hall–Kier alpha value is -0.823. The van der Waals surface area contributed by atoms with E-state index in [2.05, 4.69) is 69.4 Å². The highest BCUT2D eigenvalue weighted by Crippen LogP contribution is 2.22. The van der Waals surface area contributed by atoms with E-state index in [1.54, 1.807) is 5.19 Å². The van der Waals surface area contributed by atoms with E-state index in [-0.39, 0.29) is 0 Å². The molecule has 0 spiro atoms. The summed E-state index contributed by atoms with van der Waals surface area (Å²) in [7, 11) is -1.29. The van der Waals surface area contributed by atoms with E-state index < -0.39 is 8.07 Å². The first-order chi connectivity index (χ1) is 6.59. The van der Waals surface area contributed by atoms with Gasteiger partial charge < -0.3 is 0 Å². The number of allylic oxidation sites excluding steroid dienone is 2. The van der Waals surface area contributed by atoms with Gasteiger partial charge in [0.1, 0.15) is 0 Å². The lowest BCUT2D eigenvalue weighted by atomic mass is 10.4. The lowest BCUT2D eigenvalue weighted by Gasteiger charge is -2.28. The van der Waals surface area contributed by atoms with Crippen molar-refractivity contribution in [2.45, 2.75) is 32.5 Å². The van der Waals surface area contributed by atoms with Gasteiger partial charge in [0.15, 0.2) is 0 Å². The molecule has 0 saturated carbocycles. The Kier molecular flexibility index (Phi) is 3.70. The minimum atomic E-state index is -1.29. The van der Waals surface area contributed by atoms with E-state index in [0.717, 1.165) is 0 Å². The molecule has 0 unspecified atom stereocenters. The van der Waals surface area contributed by atoms with Crippen LogP contribution in [0.3, 0.4) is 0 Å². The fourth-order valence-corrected chi connectivity index (χ4v) is 3.91. The highest BCUT2D eigenvalue weighted by molar-refractivity contribution is 6.91. The second-order valence-corrected chi connectivity index (χ2v) is 9.33. The normalized spacial score (nSPS) is 14.6. The maximum Gasteiger partial charge on any atom is 0.0871 e. The van der Waals surface area contributed by atoms with Gasteiger partial charge in [-0.15, -0.1) is 0 Å². The van der Waals surface area contributed by atoms with Gasteiger partial charge in [-0.25, -0.2) is 0 Å². The average Bonchev–Trinajstić information content (AvgIpc) is 2.19. The summed E-state index contributed by atoms with van der Waals surface area (Å²) in [6, 6.07) is 10.9. The quantitative estimate of drug-likeness (QED) is 0.521. The third kappa shape index (κ3) is 2.35. The Labute approximate surface area is 88.7 Å². The topological polar surface area (TPSA) is 0 Å². The van der Waals surface area contributed by atoms with Crippen molar-refractivity contribution in [1.82, 2.24) is 0 Å². The summed E-state index contributed by atoms with van der Waals surface area (Å²) in [5.74, 6) is 0. The summed E-state index contributed by atoms with van der Waals surface area (Å²) >= 11 is 0. The zero-order valence-corrected chi connectivity index (χ0v) is 10.6. The van der Waals surface area contributed by atoms with Crippen LogP contribution in [0.1, 0.15) is 13.8 Å². The van der Waals surface area contributed by atoms with Crippen LogP contribution in [0.25, 0.3) is 0 Å². The van der Waals surface area contributed by atoms with E-state index in [4.69, 9.17) is 0 Å². The number of rotatable bonds is 3. The van der Waals surface area contributed by atoms with Crippen LogP contribution in [-0.4, -0.2) is 8.07 Å². The molecule has 0 aliphatic rings. The molecular formula is C13H20Si. The molecule has 1 rings (SSSR count). The van der Waals surface area contributed by atoms with Gasteiger partial charge in [0.05, 0.1) is 8.07 Å². The lowest BCUT2D eigenvalue weighted by Crippen LogP contribution is -2.44. The molecule has 0 nitrogen and oxygen atoms in total. The highest BCUT2D eigenvalue weighted by Gasteiger charge is 2.28. The average molecular weight is 204 g/mol. The Morgan fingerprint density at radius 1 is 1.14 bits per heavy atom. The molecule has 0 aromatic heterocycles. The molecule has 0 bridgehead atoms. The number of hydrogen-bond acceptors (Lipinski definition) is 0.